The van der Waals surface area contributed by atoms with Crippen LogP contribution in [-0.4, -0.2) is 38.2 Å². The van der Waals surface area contributed by atoms with E-state index in [2.05, 4.69) is 20.8 Å². The fourth-order valence-corrected chi connectivity index (χ4v) is 2.66. The van der Waals surface area contributed by atoms with Crippen LogP contribution in [0.15, 0.2) is 24.7 Å². The van der Waals surface area contributed by atoms with Gasteiger partial charge < -0.3 is 10.1 Å². The van der Waals surface area contributed by atoms with E-state index in [0.29, 0.717) is 12.4 Å². The molecule has 0 saturated carbocycles. The molecule has 8 nitrogen and oxygen atoms in total. The Morgan fingerprint density at radius 3 is 2.95 bits per heavy atom. The van der Waals surface area contributed by atoms with E-state index in [9.17, 15) is 4.79 Å². The number of nitrogens with one attached hydrogen (secondary N) is 2. The van der Waals surface area contributed by atoms with Gasteiger partial charge in [0.05, 0.1) is 18.4 Å². The van der Waals surface area contributed by atoms with Crippen LogP contribution in [-0.2, 0) is 18.8 Å². The maximum atomic E-state index is 12.2. The van der Waals surface area contributed by atoms with Crippen LogP contribution in [0.4, 0.5) is 10.6 Å². The lowest BCUT2D eigenvalue weighted by Crippen LogP contribution is -2.44. The summed E-state index contributed by atoms with van der Waals surface area (Å²) < 4.78 is 9.18. The van der Waals surface area contributed by atoms with Crippen molar-refractivity contribution in [3.63, 3.8) is 0 Å². The maximum Gasteiger partial charge on any atom is 0.320 e. The number of carbonyl (C=O) groups is 1. The van der Waals surface area contributed by atoms with E-state index in [0.717, 1.165) is 18.4 Å². The van der Waals surface area contributed by atoms with Crippen LogP contribution >= 0.6 is 0 Å². The first-order valence-electron chi connectivity index (χ1n) is 7.29. The summed E-state index contributed by atoms with van der Waals surface area (Å²) in [6.07, 6.45) is 6.97. The molecule has 0 aromatic carbocycles. The van der Waals surface area contributed by atoms with Crippen molar-refractivity contribution in [3.05, 3.63) is 30.2 Å². The third-order valence-electron chi connectivity index (χ3n) is 3.75. The quantitative estimate of drug-likeness (QED) is 0.892. The van der Waals surface area contributed by atoms with Gasteiger partial charge in [-0.25, -0.2) is 4.79 Å². The Bertz CT molecular complexity index is 649. The summed E-state index contributed by atoms with van der Waals surface area (Å²) in [6, 6.07) is 1.41. The Kier molecular flexibility index (Phi) is 4.10. The van der Waals surface area contributed by atoms with Crippen molar-refractivity contribution in [3.8, 4) is 0 Å². The molecule has 1 saturated heterocycles. The fraction of sp³-hybridized carbons (Fsp3) is 0.500. The standard InChI is InChI=1S/C14H20N6O2/c1-19-9-10(8-16-19)13-11(4-3-7-22-13)17-14(21)18-12-5-6-15-20(12)2/h5-6,8-9,11,13H,3-4,7H2,1-2H3,(H2,17,18,21)/t11-,13+/m0/s1. The second-order valence-corrected chi connectivity index (χ2v) is 5.43. The molecule has 3 heterocycles. The van der Waals surface area contributed by atoms with Crippen molar-refractivity contribution in [1.82, 2.24) is 24.9 Å². The number of carbonyl (C=O) groups excluding carboxylic acids is 1. The monoisotopic (exact) mass is 304 g/mol. The highest BCUT2D eigenvalue weighted by Crippen LogP contribution is 2.28. The molecule has 0 radical (unpaired) electrons. The van der Waals surface area contributed by atoms with E-state index >= 15 is 0 Å². The Hall–Kier alpha value is -2.35. The second kappa shape index (κ2) is 6.18. The zero-order chi connectivity index (χ0) is 15.5. The molecular formula is C14H20N6O2. The zero-order valence-electron chi connectivity index (χ0n) is 12.7. The molecule has 2 aromatic rings. The van der Waals surface area contributed by atoms with Gasteiger partial charge in [-0.2, -0.15) is 10.2 Å². The zero-order valence-corrected chi connectivity index (χ0v) is 12.7. The molecule has 8 heteroatoms. The molecule has 0 aliphatic carbocycles. The predicted octanol–water partition coefficient (Wildman–Crippen LogP) is 1.20. The molecule has 2 N–H and O–H groups in total. The number of urea groups is 1. The highest BCUT2D eigenvalue weighted by atomic mass is 16.5. The lowest BCUT2D eigenvalue weighted by Gasteiger charge is -2.31. The van der Waals surface area contributed by atoms with Gasteiger partial charge in [0, 0.05) is 38.5 Å². The van der Waals surface area contributed by atoms with Crippen molar-refractivity contribution in [2.45, 2.75) is 25.0 Å². The maximum absolute atomic E-state index is 12.2. The SMILES string of the molecule is Cn1cc([C@H]2OCCC[C@@H]2NC(=O)Nc2ccnn2C)cn1. The molecule has 0 bridgehead atoms. The summed E-state index contributed by atoms with van der Waals surface area (Å²) >= 11 is 0. The lowest BCUT2D eigenvalue weighted by molar-refractivity contribution is -0.00700. The minimum Gasteiger partial charge on any atom is -0.371 e. The van der Waals surface area contributed by atoms with Crippen molar-refractivity contribution in [1.29, 1.82) is 0 Å². The number of ether oxygens (including phenoxy) is 1. The molecular weight excluding hydrogens is 284 g/mol. The molecule has 3 rings (SSSR count). The van der Waals surface area contributed by atoms with Crippen LogP contribution in [0.25, 0.3) is 0 Å². The third-order valence-corrected chi connectivity index (χ3v) is 3.75. The van der Waals surface area contributed by atoms with E-state index in [-0.39, 0.29) is 18.2 Å². The third kappa shape index (κ3) is 3.11. The topological polar surface area (TPSA) is 86.0 Å². The van der Waals surface area contributed by atoms with E-state index in [1.54, 1.807) is 34.9 Å². The van der Waals surface area contributed by atoms with Crippen LogP contribution in [0.1, 0.15) is 24.5 Å². The van der Waals surface area contributed by atoms with E-state index in [4.69, 9.17) is 4.74 Å². The largest absolute Gasteiger partial charge is 0.371 e. The number of aromatic nitrogens is 4. The number of rotatable bonds is 3. The fourth-order valence-electron chi connectivity index (χ4n) is 2.66. The minimum atomic E-state index is -0.256. The number of aryl methyl sites for hydroxylation is 2. The molecule has 1 fully saturated rings. The van der Waals surface area contributed by atoms with Gasteiger partial charge in [0.1, 0.15) is 11.9 Å². The van der Waals surface area contributed by atoms with E-state index < -0.39 is 0 Å². The van der Waals surface area contributed by atoms with Crippen molar-refractivity contribution >= 4 is 11.8 Å². The summed E-state index contributed by atoms with van der Waals surface area (Å²) in [5, 5.41) is 14.0. The van der Waals surface area contributed by atoms with E-state index in [1.165, 1.54) is 0 Å². The summed E-state index contributed by atoms with van der Waals surface area (Å²) in [5.74, 6) is 0.646. The first-order valence-corrected chi connectivity index (χ1v) is 7.29. The van der Waals surface area contributed by atoms with Gasteiger partial charge in [0.15, 0.2) is 0 Å². The highest BCUT2D eigenvalue weighted by molar-refractivity contribution is 5.88. The summed E-state index contributed by atoms with van der Waals surface area (Å²) in [5.41, 5.74) is 0.980. The number of anilines is 1. The molecule has 1 aliphatic rings. The van der Waals surface area contributed by atoms with Crippen LogP contribution in [0.5, 0.6) is 0 Å². The van der Waals surface area contributed by atoms with Crippen molar-refractivity contribution < 1.29 is 9.53 Å². The van der Waals surface area contributed by atoms with Gasteiger partial charge in [0.2, 0.25) is 0 Å². The normalized spacial score (nSPS) is 21.5. The number of nitrogens with zero attached hydrogens (tertiary/aromatic N) is 4. The van der Waals surface area contributed by atoms with Crippen molar-refractivity contribution in [2.24, 2.45) is 14.1 Å². The molecule has 22 heavy (non-hydrogen) atoms. The molecule has 1 aliphatic heterocycles. The number of hydrogen-bond acceptors (Lipinski definition) is 4. The molecule has 118 valence electrons. The number of hydrogen-bond donors (Lipinski definition) is 2. The molecule has 2 amide bonds. The Balaban J connectivity index is 1.66. The van der Waals surface area contributed by atoms with Gasteiger partial charge in [-0.15, -0.1) is 0 Å². The summed E-state index contributed by atoms with van der Waals surface area (Å²) in [7, 11) is 3.64. The van der Waals surface area contributed by atoms with Crippen LogP contribution in [0, 0.1) is 0 Å². The highest BCUT2D eigenvalue weighted by Gasteiger charge is 2.29. The molecule has 0 unspecified atom stereocenters. The molecule has 0 spiro atoms. The van der Waals surface area contributed by atoms with E-state index in [1.807, 2.05) is 13.2 Å². The van der Waals surface area contributed by atoms with Crippen molar-refractivity contribution in [2.75, 3.05) is 11.9 Å². The van der Waals surface area contributed by atoms with Crippen LogP contribution in [0.2, 0.25) is 0 Å². The van der Waals surface area contributed by atoms with Gasteiger partial charge in [-0.1, -0.05) is 0 Å². The smallest absolute Gasteiger partial charge is 0.320 e. The average Bonchev–Trinajstić information content (AvgIpc) is 3.09. The predicted molar refractivity (Wildman–Crippen MR) is 80.3 cm³/mol. The van der Waals surface area contributed by atoms with Gasteiger partial charge in [0.25, 0.3) is 0 Å². The number of amides is 2. The Morgan fingerprint density at radius 1 is 1.41 bits per heavy atom. The Labute approximate surface area is 128 Å². The van der Waals surface area contributed by atoms with Crippen LogP contribution < -0.4 is 10.6 Å². The average molecular weight is 304 g/mol. The summed E-state index contributed by atoms with van der Waals surface area (Å²) in [6.45, 7) is 0.696. The summed E-state index contributed by atoms with van der Waals surface area (Å²) in [4.78, 5) is 12.2. The molecule has 2 atom stereocenters. The van der Waals surface area contributed by atoms with Gasteiger partial charge in [-0.05, 0) is 12.8 Å². The van der Waals surface area contributed by atoms with Gasteiger partial charge in [-0.3, -0.25) is 14.7 Å². The van der Waals surface area contributed by atoms with Gasteiger partial charge >= 0.3 is 6.03 Å². The first kappa shape index (κ1) is 14.6. The lowest BCUT2D eigenvalue weighted by atomic mass is 9.98. The minimum absolute atomic E-state index is 0.0776. The second-order valence-electron chi connectivity index (χ2n) is 5.43. The first-order chi connectivity index (χ1) is 10.6. The van der Waals surface area contributed by atoms with Crippen LogP contribution in [0.3, 0.4) is 0 Å². The molecule has 2 aromatic heterocycles. The Morgan fingerprint density at radius 2 is 2.27 bits per heavy atom.